The number of aryl methyl sites for hydroxylation is 1. The van der Waals surface area contributed by atoms with Crippen LogP contribution in [0.4, 0.5) is 0 Å². The number of piperazine rings is 1. The molecular formula is C21H27N3O3. The molecule has 0 N–H and O–H groups in total. The van der Waals surface area contributed by atoms with Crippen molar-refractivity contribution in [3.63, 3.8) is 0 Å². The molecule has 0 bridgehead atoms. The molecule has 3 rings (SSSR count). The highest BCUT2D eigenvalue weighted by molar-refractivity contribution is 5.80. The summed E-state index contributed by atoms with van der Waals surface area (Å²) in [5.41, 5.74) is 1.03. The van der Waals surface area contributed by atoms with E-state index in [0.29, 0.717) is 52.0 Å². The number of hydrogen-bond acceptors (Lipinski definition) is 3. The summed E-state index contributed by atoms with van der Waals surface area (Å²) < 4.78 is 7.57. The third kappa shape index (κ3) is 5.61. The number of nitrogens with zero attached hydrogens (tertiary/aromatic N) is 3. The van der Waals surface area contributed by atoms with Crippen LogP contribution in [0.5, 0.6) is 5.75 Å². The van der Waals surface area contributed by atoms with Crippen molar-refractivity contribution in [2.75, 3.05) is 32.8 Å². The second kappa shape index (κ2) is 9.26. The van der Waals surface area contributed by atoms with Gasteiger partial charge in [0.15, 0.2) is 0 Å². The van der Waals surface area contributed by atoms with E-state index < -0.39 is 0 Å². The van der Waals surface area contributed by atoms with Crippen LogP contribution in [-0.2, 0) is 23.1 Å². The van der Waals surface area contributed by atoms with Crippen LogP contribution >= 0.6 is 0 Å². The molecule has 0 unspecified atom stereocenters. The van der Waals surface area contributed by atoms with E-state index in [9.17, 15) is 9.59 Å². The quantitative estimate of drug-likeness (QED) is 0.703. The van der Waals surface area contributed by atoms with E-state index in [1.165, 1.54) is 0 Å². The third-order valence-corrected chi connectivity index (χ3v) is 4.78. The van der Waals surface area contributed by atoms with Crippen molar-refractivity contribution in [1.29, 1.82) is 0 Å². The Morgan fingerprint density at radius 2 is 1.63 bits per heavy atom. The van der Waals surface area contributed by atoms with Crippen molar-refractivity contribution < 1.29 is 14.3 Å². The number of amides is 2. The minimum atomic E-state index is 0.129. The second-order valence-electron chi connectivity index (χ2n) is 6.89. The van der Waals surface area contributed by atoms with Crippen molar-refractivity contribution in [3.05, 3.63) is 54.4 Å². The van der Waals surface area contributed by atoms with Gasteiger partial charge in [-0.05, 0) is 30.2 Å². The van der Waals surface area contributed by atoms with Gasteiger partial charge in [0.05, 0.1) is 13.0 Å². The van der Waals surface area contributed by atoms with Gasteiger partial charge in [-0.25, -0.2) is 0 Å². The average Bonchev–Trinajstić information content (AvgIpc) is 3.10. The topological polar surface area (TPSA) is 54.8 Å². The lowest BCUT2D eigenvalue weighted by atomic mass is 10.2. The van der Waals surface area contributed by atoms with Crippen LogP contribution in [-0.4, -0.2) is 59.0 Å². The minimum Gasteiger partial charge on any atom is -0.494 e. The molecule has 2 aromatic rings. The summed E-state index contributed by atoms with van der Waals surface area (Å²) in [5.74, 6) is 1.10. The molecular weight excluding hydrogens is 342 g/mol. The fraction of sp³-hybridized carbons (Fsp3) is 0.429. The summed E-state index contributed by atoms with van der Waals surface area (Å²) in [6.07, 6.45) is 5.51. The van der Waals surface area contributed by atoms with Gasteiger partial charge in [-0.15, -0.1) is 0 Å². The molecule has 0 saturated carbocycles. The van der Waals surface area contributed by atoms with Crippen LogP contribution in [0.3, 0.4) is 0 Å². The number of aromatic nitrogens is 1. The molecule has 0 spiro atoms. The van der Waals surface area contributed by atoms with E-state index in [0.717, 1.165) is 11.3 Å². The van der Waals surface area contributed by atoms with Crippen LogP contribution in [0.1, 0.15) is 18.4 Å². The van der Waals surface area contributed by atoms with Crippen LogP contribution in [0, 0.1) is 0 Å². The van der Waals surface area contributed by atoms with Gasteiger partial charge in [-0.2, -0.15) is 0 Å². The van der Waals surface area contributed by atoms with E-state index in [2.05, 4.69) is 0 Å². The average molecular weight is 369 g/mol. The number of hydrogen-bond donors (Lipinski definition) is 0. The van der Waals surface area contributed by atoms with Gasteiger partial charge < -0.3 is 19.1 Å². The first kappa shape index (κ1) is 19.0. The van der Waals surface area contributed by atoms with E-state index in [-0.39, 0.29) is 11.8 Å². The normalized spacial score (nSPS) is 14.3. The van der Waals surface area contributed by atoms with E-state index in [4.69, 9.17) is 4.74 Å². The van der Waals surface area contributed by atoms with E-state index in [1.54, 1.807) is 0 Å². The fourth-order valence-corrected chi connectivity index (χ4v) is 3.25. The first-order valence-electron chi connectivity index (χ1n) is 9.46. The molecule has 6 heteroatoms. The van der Waals surface area contributed by atoms with Crippen molar-refractivity contribution in [2.24, 2.45) is 7.05 Å². The molecule has 144 valence electrons. The van der Waals surface area contributed by atoms with Crippen LogP contribution in [0.2, 0.25) is 0 Å². The summed E-state index contributed by atoms with van der Waals surface area (Å²) in [5, 5.41) is 0. The third-order valence-electron chi connectivity index (χ3n) is 4.78. The van der Waals surface area contributed by atoms with Crippen molar-refractivity contribution in [1.82, 2.24) is 14.4 Å². The molecule has 0 radical (unpaired) electrons. The van der Waals surface area contributed by atoms with E-state index in [1.807, 2.05) is 70.2 Å². The van der Waals surface area contributed by atoms with Crippen LogP contribution in [0.25, 0.3) is 0 Å². The van der Waals surface area contributed by atoms with Gasteiger partial charge >= 0.3 is 0 Å². The predicted molar refractivity (Wildman–Crippen MR) is 103 cm³/mol. The molecule has 6 nitrogen and oxygen atoms in total. The predicted octanol–water partition coefficient (Wildman–Crippen LogP) is 2.10. The monoisotopic (exact) mass is 369 g/mol. The molecule has 1 aromatic heterocycles. The lowest BCUT2D eigenvalue weighted by Crippen LogP contribution is -2.51. The first-order chi connectivity index (χ1) is 13.1. The van der Waals surface area contributed by atoms with Gasteiger partial charge in [0.1, 0.15) is 5.75 Å². The van der Waals surface area contributed by atoms with Gasteiger partial charge in [-0.1, -0.05) is 18.2 Å². The lowest BCUT2D eigenvalue weighted by Gasteiger charge is -2.35. The van der Waals surface area contributed by atoms with Gasteiger partial charge in [0.25, 0.3) is 0 Å². The summed E-state index contributed by atoms with van der Waals surface area (Å²) in [7, 11) is 1.95. The maximum absolute atomic E-state index is 12.4. The Morgan fingerprint density at radius 3 is 2.26 bits per heavy atom. The second-order valence-corrected chi connectivity index (χ2v) is 6.89. The molecule has 1 fully saturated rings. The highest BCUT2D eigenvalue weighted by Crippen LogP contribution is 2.11. The number of carbonyl (C=O) groups is 2. The summed E-state index contributed by atoms with van der Waals surface area (Å²) in [6.45, 7) is 2.97. The molecule has 27 heavy (non-hydrogen) atoms. The molecule has 1 aromatic carbocycles. The smallest absolute Gasteiger partial charge is 0.227 e. The molecule has 2 heterocycles. The first-order valence-corrected chi connectivity index (χ1v) is 9.46. The lowest BCUT2D eigenvalue weighted by molar-refractivity contribution is -0.139. The highest BCUT2D eigenvalue weighted by Gasteiger charge is 2.23. The highest BCUT2D eigenvalue weighted by atomic mass is 16.5. The summed E-state index contributed by atoms with van der Waals surface area (Å²) >= 11 is 0. The van der Waals surface area contributed by atoms with Crippen LogP contribution < -0.4 is 4.74 Å². The standard InChI is InChI=1S/C21H27N3O3/c1-22-10-9-18(17-22)16-21(26)24-13-11-23(12-14-24)20(25)8-5-15-27-19-6-3-2-4-7-19/h2-4,6-7,9-10,17H,5,8,11-16H2,1H3. The number of rotatable bonds is 7. The van der Waals surface area contributed by atoms with Gasteiger partial charge in [-0.3, -0.25) is 9.59 Å². The zero-order valence-electron chi connectivity index (χ0n) is 15.8. The number of para-hydroxylation sites is 1. The molecule has 1 aliphatic heterocycles. The Bertz CT molecular complexity index is 749. The van der Waals surface area contributed by atoms with Gasteiger partial charge in [0.2, 0.25) is 11.8 Å². The Balaban J connectivity index is 1.34. The number of benzene rings is 1. The minimum absolute atomic E-state index is 0.129. The Labute approximate surface area is 160 Å². The fourth-order valence-electron chi connectivity index (χ4n) is 3.25. The maximum atomic E-state index is 12.4. The van der Waals surface area contributed by atoms with Gasteiger partial charge in [0, 0.05) is 52.0 Å². The van der Waals surface area contributed by atoms with Crippen LogP contribution in [0.15, 0.2) is 48.8 Å². The molecule has 2 amide bonds. The molecule has 0 atom stereocenters. The number of carbonyl (C=O) groups excluding carboxylic acids is 2. The molecule has 0 aliphatic carbocycles. The number of ether oxygens (including phenoxy) is 1. The Hall–Kier alpha value is -2.76. The molecule has 1 aliphatic rings. The molecule has 1 saturated heterocycles. The van der Waals surface area contributed by atoms with Crippen molar-refractivity contribution in [2.45, 2.75) is 19.3 Å². The maximum Gasteiger partial charge on any atom is 0.227 e. The largest absolute Gasteiger partial charge is 0.494 e. The van der Waals surface area contributed by atoms with Crippen molar-refractivity contribution in [3.8, 4) is 5.75 Å². The zero-order chi connectivity index (χ0) is 19.1. The summed E-state index contributed by atoms with van der Waals surface area (Å²) in [4.78, 5) is 28.5. The van der Waals surface area contributed by atoms with E-state index >= 15 is 0 Å². The Kier molecular flexibility index (Phi) is 6.52. The van der Waals surface area contributed by atoms with Crippen molar-refractivity contribution >= 4 is 11.8 Å². The SMILES string of the molecule is Cn1ccc(CC(=O)N2CCN(C(=O)CCCOc3ccccc3)CC2)c1. The zero-order valence-corrected chi connectivity index (χ0v) is 15.8. The Morgan fingerprint density at radius 1 is 0.963 bits per heavy atom. The summed E-state index contributed by atoms with van der Waals surface area (Å²) in [6, 6.07) is 11.6.